The number of carbonyl (C=O) groups is 2. The Hall–Kier alpha value is -3.09. The predicted molar refractivity (Wildman–Crippen MR) is 89.0 cm³/mol. The molecule has 8 nitrogen and oxygen atoms in total. The van der Waals surface area contributed by atoms with Gasteiger partial charge in [-0.15, -0.1) is 0 Å². The molecule has 1 atom stereocenters. The van der Waals surface area contributed by atoms with Gasteiger partial charge in [0.25, 0.3) is 5.91 Å². The highest BCUT2D eigenvalue weighted by atomic mass is 32.2. The van der Waals surface area contributed by atoms with Gasteiger partial charge in [-0.05, 0) is 31.3 Å². The fraction of sp³-hybridized carbons (Fsp3) is 0.125. The summed E-state index contributed by atoms with van der Waals surface area (Å²) in [5.41, 5.74) is -0.0564. The minimum absolute atomic E-state index is 0.0564. The third-order valence-corrected chi connectivity index (χ3v) is 4.68. The van der Waals surface area contributed by atoms with Crippen molar-refractivity contribution in [1.29, 1.82) is 5.26 Å². The van der Waals surface area contributed by atoms with Crippen LogP contribution in [-0.2, 0) is 14.8 Å². The fourth-order valence-corrected chi connectivity index (χ4v) is 2.75. The number of nitriles is 1. The first kappa shape index (κ1) is 18.3. The molecule has 1 heterocycles. The van der Waals surface area contributed by atoms with Crippen LogP contribution in [0.1, 0.15) is 10.4 Å². The van der Waals surface area contributed by atoms with Crippen LogP contribution in [0.5, 0.6) is 0 Å². The molecule has 9 heteroatoms. The van der Waals surface area contributed by atoms with Gasteiger partial charge in [-0.3, -0.25) is 9.59 Å². The van der Waals surface area contributed by atoms with Gasteiger partial charge in [0.05, 0.1) is 11.0 Å². The first-order chi connectivity index (χ1) is 11.9. The number of carbonyl (C=O) groups excluding carboxylic acids is 2. The van der Waals surface area contributed by atoms with E-state index in [1.807, 2.05) is 0 Å². The number of sulfonamides is 1. The van der Waals surface area contributed by atoms with Crippen molar-refractivity contribution in [2.75, 3.05) is 12.4 Å². The summed E-state index contributed by atoms with van der Waals surface area (Å²) < 4.78 is 25.8. The maximum absolute atomic E-state index is 12.5. The molecule has 0 aliphatic heterocycles. The van der Waals surface area contributed by atoms with Gasteiger partial charge in [-0.2, -0.15) is 5.26 Å². The predicted octanol–water partition coefficient (Wildman–Crippen LogP) is 0.951. The van der Waals surface area contributed by atoms with E-state index >= 15 is 0 Å². The molecular weight excluding hydrogens is 344 g/mol. The molecule has 0 aliphatic carbocycles. The zero-order valence-corrected chi connectivity index (χ0v) is 13.9. The molecule has 0 saturated heterocycles. The second-order valence-electron chi connectivity index (χ2n) is 4.87. The maximum Gasteiger partial charge on any atom is 0.250 e. The highest BCUT2D eigenvalue weighted by molar-refractivity contribution is 7.89. The molecule has 1 aromatic heterocycles. The zero-order valence-electron chi connectivity index (χ0n) is 13.1. The summed E-state index contributed by atoms with van der Waals surface area (Å²) in [4.78, 5) is 28.4. The number of hydrogen-bond acceptors (Lipinski definition) is 6. The van der Waals surface area contributed by atoms with Gasteiger partial charge < -0.3 is 5.32 Å². The lowest BCUT2D eigenvalue weighted by molar-refractivity contribution is -0.117. The molecule has 1 aromatic carbocycles. The first-order valence-corrected chi connectivity index (χ1v) is 8.56. The largest absolute Gasteiger partial charge is 0.309 e. The highest BCUT2D eigenvalue weighted by Gasteiger charge is 2.28. The van der Waals surface area contributed by atoms with Gasteiger partial charge in [0.15, 0.2) is 11.7 Å². The van der Waals surface area contributed by atoms with E-state index in [4.69, 9.17) is 0 Å². The fourth-order valence-electron chi connectivity index (χ4n) is 1.97. The van der Waals surface area contributed by atoms with Gasteiger partial charge in [-0.25, -0.2) is 18.1 Å². The van der Waals surface area contributed by atoms with Crippen LogP contribution >= 0.6 is 0 Å². The van der Waals surface area contributed by atoms with Gasteiger partial charge in [-0.1, -0.05) is 18.2 Å². The first-order valence-electron chi connectivity index (χ1n) is 7.08. The average Bonchev–Trinajstić information content (AvgIpc) is 2.63. The molecule has 0 spiro atoms. The Kier molecular flexibility index (Phi) is 5.59. The van der Waals surface area contributed by atoms with Crippen LogP contribution in [0.4, 0.5) is 5.82 Å². The van der Waals surface area contributed by atoms with Crippen molar-refractivity contribution in [2.24, 2.45) is 5.92 Å². The van der Waals surface area contributed by atoms with E-state index in [-0.39, 0.29) is 16.3 Å². The number of rotatable bonds is 6. The maximum atomic E-state index is 12.5. The summed E-state index contributed by atoms with van der Waals surface area (Å²) in [5, 5.41) is 11.6. The number of nitrogens with zero attached hydrogens (tertiary/aromatic N) is 2. The summed E-state index contributed by atoms with van der Waals surface area (Å²) in [6.45, 7) is 0. The van der Waals surface area contributed by atoms with E-state index in [2.05, 4.69) is 15.0 Å². The Balaban J connectivity index is 2.27. The quantitative estimate of drug-likeness (QED) is 0.584. The molecule has 0 unspecified atom stereocenters. The van der Waals surface area contributed by atoms with Crippen LogP contribution in [0.3, 0.4) is 0 Å². The van der Waals surface area contributed by atoms with Crippen molar-refractivity contribution >= 4 is 27.5 Å². The van der Waals surface area contributed by atoms with E-state index in [0.29, 0.717) is 0 Å². The summed E-state index contributed by atoms with van der Waals surface area (Å²) >= 11 is 0. The van der Waals surface area contributed by atoms with Crippen LogP contribution in [0.15, 0.2) is 53.6 Å². The molecule has 0 radical (unpaired) electrons. The number of nitrogens with one attached hydrogen (secondary N) is 2. The van der Waals surface area contributed by atoms with Gasteiger partial charge in [0, 0.05) is 11.8 Å². The Morgan fingerprint density at radius 3 is 2.56 bits per heavy atom. The van der Waals surface area contributed by atoms with Gasteiger partial charge in [0.1, 0.15) is 5.82 Å². The van der Waals surface area contributed by atoms with E-state index < -0.39 is 27.6 Å². The van der Waals surface area contributed by atoms with Gasteiger partial charge in [0.2, 0.25) is 10.0 Å². The number of aromatic nitrogens is 1. The smallest absolute Gasteiger partial charge is 0.250 e. The minimum atomic E-state index is -3.75. The molecule has 25 heavy (non-hydrogen) atoms. The van der Waals surface area contributed by atoms with Crippen LogP contribution in [-0.4, -0.2) is 32.1 Å². The van der Waals surface area contributed by atoms with E-state index in [1.165, 1.54) is 37.5 Å². The highest BCUT2D eigenvalue weighted by Crippen LogP contribution is 2.16. The van der Waals surface area contributed by atoms with E-state index in [1.54, 1.807) is 18.2 Å². The molecule has 0 bridgehead atoms. The van der Waals surface area contributed by atoms with Crippen LogP contribution in [0, 0.1) is 17.2 Å². The van der Waals surface area contributed by atoms with Crippen molar-refractivity contribution < 1.29 is 18.0 Å². The summed E-state index contributed by atoms with van der Waals surface area (Å²) in [7, 11) is -2.51. The second-order valence-corrected chi connectivity index (χ2v) is 6.75. The zero-order chi connectivity index (χ0) is 18.4. The number of anilines is 1. The molecule has 2 N–H and O–H groups in total. The standard InChI is InChI=1S/C16H14N4O4S/c1-18-25(23,24)12-6-4-5-11(9-12)15(21)13(10-17)16(22)20-14-7-2-3-8-19-14/h2-9,13,18H,1H3,(H,19,20,22)/t13-/m0/s1. The molecule has 0 saturated carbocycles. The molecule has 2 rings (SSSR count). The lowest BCUT2D eigenvalue weighted by atomic mass is 9.98. The van der Waals surface area contributed by atoms with Crippen LogP contribution < -0.4 is 10.0 Å². The Labute approximate surface area is 144 Å². The number of ketones is 1. The molecular formula is C16H14N4O4S. The third kappa shape index (κ3) is 4.26. The van der Waals surface area contributed by atoms with Crippen molar-refractivity contribution in [3.8, 4) is 6.07 Å². The van der Waals surface area contributed by atoms with Crippen molar-refractivity contribution in [3.63, 3.8) is 0 Å². The topological polar surface area (TPSA) is 129 Å². The molecule has 1 amide bonds. The van der Waals surface area contributed by atoms with Crippen molar-refractivity contribution in [2.45, 2.75) is 4.90 Å². The lowest BCUT2D eigenvalue weighted by Gasteiger charge is -2.10. The minimum Gasteiger partial charge on any atom is -0.309 e. The third-order valence-electron chi connectivity index (χ3n) is 3.27. The van der Waals surface area contributed by atoms with E-state index in [0.717, 1.165) is 6.07 Å². The monoisotopic (exact) mass is 358 g/mol. The Morgan fingerprint density at radius 2 is 1.96 bits per heavy atom. The van der Waals surface area contributed by atoms with Gasteiger partial charge >= 0.3 is 0 Å². The molecule has 0 fully saturated rings. The van der Waals surface area contributed by atoms with Crippen molar-refractivity contribution in [3.05, 3.63) is 54.2 Å². The molecule has 128 valence electrons. The molecule has 2 aromatic rings. The normalized spacial score (nSPS) is 12.0. The average molecular weight is 358 g/mol. The number of pyridine rings is 1. The van der Waals surface area contributed by atoms with Crippen molar-refractivity contribution in [1.82, 2.24) is 9.71 Å². The molecule has 0 aliphatic rings. The number of benzene rings is 1. The van der Waals surface area contributed by atoms with Crippen LogP contribution in [0.25, 0.3) is 0 Å². The lowest BCUT2D eigenvalue weighted by Crippen LogP contribution is -2.29. The Morgan fingerprint density at radius 1 is 1.20 bits per heavy atom. The summed E-state index contributed by atoms with van der Waals surface area (Å²) in [6, 6.07) is 11.6. The Bertz CT molecular complexity index is 936. The number of hydrogen-bond donors (Lipinski definition) is 2. The van der Waals surface area contributed by atoms with Crippen LogP contribution in [0.2, 0.25) is 0 Å². The summed E-state index contributed by atoms with van der Waals surface area (Å²) in [5.74, 6) is -3.07. The SMILES string of the molecule is CNS(=O)(=O)c1cccc(C(=O)[C@H](C#N)C(=O)Nc2ccccn2)c1. The van der Waals surface area contributed by atoms with E-state index in [9.17, 15) is 23.3 Å². The second kappa shape index (κ2) is 7.65. The number of amides is 1. The number of Topliss-reactive ketones (excluding diaryl/α,β-unsaturated/α-hetero) is 1. The summed E-state index contributed by atoms with van der Waals surface area (Å²) in [6.07, 6.45) is 1.45.